The molecule has 3 heteroatoms. The average Bonchev–Trinajstić information content (AvgIpc) is 2.76. The molecule has 1 N–H and O–H groups in total. The fraction of sp³-hybridized carbons (Fsp3) is 0.167. The molecule has 0 unspecified atom stereocenters. The Morgan fingerprint density at radius 2 is 1.62 bits per heavy atom. The number of hydrogen-bond acceptors (Lipinski definition) is 2. The molecule has 21 heavy (non-hydrogen) atoms. The third-order valence-corrected chi connectivity index (χ3v) is 3.60. The molecule has 2 aromatic carbocycles. The van der Waals surface area contributed by atoms with Gasteiger partial charge in [-0.1, -0.05) is 41.5 Å². The summed E-state index contributed by atoms with van der Waals surface area (Å²) in [5, 5.41) is 14.9. The summed E-state index contributed by atoms with van der Waals surface area (Å²) >= 11 is 0. The minimum atomic E-state index is 0.237. The minimum Gasteiger partial charge on any atom is -0.504 e. The second-order valence-electron chi connectivity index (χ2n) is 5.40. The molecular formula is C18H18N2O. The first-order chi connectivity index (χ1) is 10.1. The molecule has 0 atom stereocenters. The molecule has 0 radical (unpaired) electrons. The van der Waals surface area contributed by atoms with E-state index in [1.807, 2.05) is 56.3 Å². The van der Waals surface area contributed by atoms with Crippen LogP contribution >= 0.6 is 0 Å². The van der Waals surface area contributed by atoms with Crippen LogP contribution in [0, 0.1) is 20.8 Å². The van der Waals surface area contributed by atoms with Crippen molar-refractivity contribution in [2.75, 3.05) is 0 Å². The smallest absolute Gasteiger partial charge is 0.165 e. The normalized spacial score (nSPS) is 10.8. The van der Waals surface area contributed by atoms with Crippen LogP contribution in [0.1, 0.15) is 16.8 Å². The molecule has 0 fully saturated rings. The van der Waals surface area contributed by atoms with Crippen LogP contribution in [0.4, 0.5) is 0 Å². The predicted octanol–water partition coefficient (Wildman–Crippen LogP) is 4.17. The Morgan fingerprint density at radius 3 is 2.29 bits per heavy atom. The Kier molecular flexibility index (Phi) is 3.26. The van der Waals surface area contributed by atoms with E-state index >= 15 is 0 Å². The average molecular weight is 278 g/mol. The number of aromatic hydroxyl groups is 1. The van der Waals surface area contributed by atoms with Gasteiger partial charge in [0.2, 0.25) is 0 Å². The maximum atomic E-state index is 10.4. The molecule has 0 saturated carbocycles. The van der Waals surface area contributed by atoms with E-state index in [-0.39, 0.29) is 5.75 Å². The highest BCUT2D eigenvalue weighted by atomic mass is 16.3. The van der Waals surface area contributed by atoms with Gasteiger partial charge in [-0.25, -0.2) is 4.68 Å². The van der Waals surface area contributed by atoms with Crippen LogP contribution in [0.2, 0.25) is 0 Å². The molecule has 106 valence electrons. The molecule has 0 spiro atoms. The van der Waals surface area contributed by atoms with Crippen molar-refractivity contribution >= 4 is 0 Å². The lowest BCUT2D eigenvalue weighted by atomic mass is 10.1. The van der Waals surface area contributed by atoms with Crippen molar-refractivity contribution in [3.63, 3.8) is 0 Å². The van der Waals surface area contributed by atoms with Gasteiger partial charge in [0, 0.05) is 5.56 Å². The Hall–Kier alpha value is -2.55. The van der Waals surface area contributed by atoms with E-state index in [0.717, 1.165) is 22.5 Å². The summed E-state index contributed by atoms with van der Waals surface area (Å²) in [6.07, 6.45) is 0. The number of hydrogen-bond donors (Lipinski definition) is 1. The highest BCUT2D eigenvalue weighted by Gasteiger charge is 2.17. The molecule has 1 heterocycles. The van der Waals surface area contributed by atoms with Crippen LogP contribution in [-0.2, 0) is 0 Å². The van der Waals surface area contributed by atoms with Crippen molar-refractivity contribution in [1.82, 2.24) is 9.78 Å². The van der Waals surface area contributed by atoms with Gasteiger partial charge in [0.25, 0.3) is 0 Å². The summed E-state index contributed by atoms with van der Waals surface area (Å²) in [5.41, 5.74) is 5.63. The van der Waals surface area contributed by atoms with E-state index in [4.69, 9.17) is 0 Å². The van der Waals surface area contributed by atoms with Crippen molar-refractivity contribution in [3.8, 4) is 22.7 Å². The number of rotatable bonds is 2. The third-order valence-electron chi connectivity index (χ3n) is 3.60. The van der Waals surface area contributed by atoms with E-state index in [9.17, 15) is 5.11 Å². The molecule has 0 aliphatic rings. The maximum absolute atomic E-state index is 10.4. The van der Waals surface area contributed by atoms with Crippen molar-refractivity contribution in [2.24, 2.45) is 0 Å². The van der Waals surface area contributed by atoms with Crippen molar-refractivity contribution in [3.05, 3.63) is 65.4 Å². The first-order valence-corrected chi connectivity index (χ1v) is 6.99. The van der Waals surface area contributed by atoms with E-state index in [2.05, 4.69) is 18.1 Å². The van der Waals surface area contributed by atoms with Crippen LogP contribution in [0.25, 0.3) is 16.9 Å². The summed E-state index contributed by atoms with van der Waals surface area (Å²) in [6.45, 7) is 5.91. The van der Waals surface area contributed by atoms with Gasteiger partial charge in [0.15, 0.2) is 5.75 Å². The first kappa shape index (κ1) is 13.4. The largest absolute Gasteiger partial charge is 0.504 e. The van der Waals surface area contributed by atoms with Crippen molar-refractivity contribution in [2.45, 2.75) is 20.8 Å². The van der Waals surface area contributed by atoms with Crippen LogP contribution in [0.5, 0.6) is 5.75 Å². The SMILES string of the molecule is Cc1ccc(-n2nc(C)c(O)c2-c2cccc(C)c2)cc1. The molecule has 1 aromatic heterocycles. The lowest BCUT2D eigenvalue weighted by molar-refractivity contribution is 0.473. The zero-order valence-corrected chi connectivity index (χ0v) is 12.5. The fourth-order valence-electron chi connectivity index (χ4n) is 2.44. The number of aryl methyl sites for hydroxylation is 3. The second-order valence-corrected chi connectivity index (χ2v) is 5.40. The van der Waals surface area contributed by atoms with Crippen LogP contribution in [0.15, 0.2) is 48.5 Å². The molecule has 3 rings (SSSR count). The summed E-state index contributed by atoms with van der Waals surface area (Å²) in [5.74, 6) is 0.237. The molecule has 0 aliphatic heterocycles. The molecule has 0 amide bonds. The van der Waals surface area contributed by atoms with Gasteiger partial charge in [-0.05, 0) is 39.0 Å². The first-order valence-electron chi connectivity index (χ1n) is 6.99. The van der Waals surface area contributed by atoms with E-state index < -0.39 is 0 Å². The summed E-state index contributed by atoms with van der Waals surface area (Å²) in [7, 11) is 0. The van der Waals surface area contributed by atoms with Crippen LogP contribution in [-0.4, -0.2) is 14.9 Å². The molecular weight excluding hydrogens is 260 g/mol. The topological polar surface area (TPSA) is 38.0 Å². The van der Waals surface area contributed by atoms with Gasteiger partial charge in [0.1, 0.15) is 11.4 Å². The second kappa shape index (κ2) is 5.09. The Bertz CT molecular complexity index is 785. The fourth-order valence-corrected chi connectivity index (χ4v) is 2.44. The van der Waals surface area contributed by atoms with Crippen molar-refractivity contribution < 1.29 is 5.11 Å². The lowest BCUT2D eigenvalue weighted by Crippen LogP contribution is -1.99. The highest BCUT2D eigenvalue weighted by Crippen LogP contribution is 2.34. The minimum absolute atomic E-state index is 0.237. The summed E-state index contributed by atoms with van der Waals surface area (Å²) in [6, 6.07) is 16.2. The Balaban J connectivity index is 2.23. The van der Waals surface area contributed by atoms with Gasteiger partial charge in [-0.15, -0.1) is 0 Å². The zero-order valence-electron chi connectivity index (χ0n) is 12.5. The Labute approximate surface area is 124 Å². The number of benzene rings is 2. The van der Waals surface area contributed by atoms with Crippen LogP contribution in [0.3, 0.4) is 0 Å². The van der Waals surface area contributed by atoms with E-state index in [1.165, 1.54) is 5.56 Å². The quantitative estimate of drug-likeness (QED) is 0.764. The maximum Gasteiger partial charge on any atom is 0.165 e. The number of aromatic nitrogens is 2. The van der Waals surface area contributed by atoms with Gasteiger partial charge in [-0.2, -0.15) is 5.10 Å². The lowest BCUT2D eigenvalue weighted by Gasteiger charge is -2.09. The molecule has 3 nitrogen and oxygen atoms in total. The van der Waals surface area contributed by atoms with Crippen molar-refractivity contribution in [1.29, 1.82) is 0 Å². The number of nitrogens with zero attached hydrogens (tertiary/aromatic N) is 2. The van der Waals surface area contributed by atoms with Gasteiger partial charge in [-0.3, -0.25) is 0 Å². The molecule has 0 saturated heterocycles. The molecule has 0 aliphatic carbocycles. The van der Waals surface area contributed by atoms with E-state index in [1.54, 1.807) is 4.68 Å². The van der Waals surface area contributed by atoms with Gasteiger partial charge < -0.3 is 5.11 Å². The highest BCUT2D eigenvalue weighted by molar-refractivity contribution is 5.70. The predicted molar refractivity (Wildman–Crippen MR) is 84.9 cm³/mol. The summed E-state index contributed by atoms with van der Waals surface area (Å²) in [4.78, 5) is 0. The van der Waals surface area contributed by atoms with Gasteiger partial charge in [0.05, 0.1) is 5.69 Å². The van der Waals surface area contributed by atoms with Crippen LogP contribution < -0.4 is 0 Å². The zero-order chi connectivity index (χ0) is 15.0. The van der Waals surface area contributed by atoms with Gasteiger partial charge >= 0.3 is 0 Å². The standard InChI is InChI=1S/C18H18N2O/c1-12-7-9-16(10-8-12)20-17(18(21)14(3)19-20)15-6-4-5-13(2)11-15/h4-11,21H,1-3H3. The Morgan fingerprint density at radius 1 is 0.905 bits per heavy atom. The molecule has 0 bridgehead atoms. The summed E-state index contributed by atoms with van der Waals surface area (Å²) < 4.78 is 1.80. The molecule has 3 aromatic rings. The third kappa shape index (κ3) is 2.42. The monoisotopic (exact) mass is 278 g/mol. The van der Waals surface area contributed by atoms with E-state index in [0.29, 0.717) is 5.69 Å².